The van der Waals surface area contributed by atoms with Gasteiger partial charge in [-0.1, -0.05) is 6.07 Å². The van der Waals surface area contributed by atoms with Gasteiger partial charge in [0.05, 0.1) is 12.2 Å². The van der Waals surface area contributed by atoms with Crippen molar-refractivity contribution in [3.8, 4) is 51.4 Å². The number of phenolic OH excluding ortho intramolecular Hbond substituents is 3. The van der Waals surface area contributed by atoms with E-state index < -0.39 is 153 Å². The molecular formula is C44H46O25. The average molecular weight is 975 g/mol. The number of hydrogen-bond acceptors (Lipinski definition) is 24. The van der Waals surface area contributed by atoms with E-state index in [1.165, 1.54) is 48.5 Å². The fraction of sp³-hybridized carbons (Fsp3) is 0.409. The number of aromatic hydroxyl groups is 3. The van der Waals surface area contributed by atoms with Crippen LogP contribution in [-0.2, 0) is 42.8 Å². The topological polar surface area (TPSA) is 398 Å². The van der Waals surface area contributed by atoms with Crippen LogP contribution in [0, 0.1) is 0 Å². The van der Waals surface area contributed by atoms with E-state index in [2.05, 4.69) is 0 Å². The molecule has 372 valence electrons. The minimum atomic E-state index is -2.04. The summed E-state index contributed by atoms with van der Waals surface area (Å²) in [5, 5.41) is 125. The van der Waals surface area contributed by atoms with Gasteiger partial charge in [0.1, 0.15) is 97.9 Å². The molecule has 25 heteroatoms. The zero-order valence-electron chi connectivity index (χ0n) is 35.5. The Kier molecular flexibility index (Phi) is 15.7. The summed E-state index contributed by atoms with van der Waals surface area (Å²) in [4.78, 5) is 48.7. The molecule has 12 N–H and O–H groups in total. The van der Waals surface area contributed by atoms with E-state index >= 15 is 0 Å². The molecule has 14 atom stereocenters. The van der Waals surface area contributed by atoms with E-state index in [9.17, 15) is 75.3 Å². The molecule has 0 saturated carbocycles. The van der Waals surface area contributed by atoms with Crippen molar-refractivity contribution < 1.29 is 118 Å². The van der Waals surface area contributed by atoms with E-state index in [1.54, 1.807) is 0 Å². The van der Waals surface area contributed by atoms with Gasteiger partial charge in [0, 0.05) is 23.8 Å². The molecule has 3 saturated heterocycles. The Balaban J connectivity index is 1.23. The summed E-state index contributed by atoms with van der Waals surface area (Å²) in [7, 11) is 0. The number of ether oxygens (including phenoxy) is 8. The number of aliphatic carboxylic acids is 1. The Labute approximate surface area is 387 Å². The van der Waals surface area contributed by atoms with Crippen molar-refractivity contribution in [1.82, 2.24) is 0 Å². The molecule has 0 amide bonds. The molecule has 1 aliphatic carbocycles. The minimum Gasteiger partial charge on any atom is -0.508 e. The van der Waals surface area contributed by atoms with Crippen LogP contribution in [0.5, 0.6) is 28.7 Å². The molecule has 25 nitrogen and oxygen atoms in total. The molecule has 0 aromatic heterocycles. The van der Waals surface area contributed by atoms with Crippen LogP contribution in [0.15, 0.2) is 76.0 Å². The van der Waals surface area contributed by atoms with Gasteiger partial charge in [-0.15, -0.1) is 0 Å². The van der Waals surface area contributed by atoms with Crippen LogP contribution in [-0.4, -0.2) is 185 Å². The summed E-state index contributed by atoms with van der Waals surface area (Å²) < 4.78 is 51.4. The first-order valence-corrected chi connectivity index (χ1v) is 20.8. The quantitative estimate of drug-likeness (QED) is 0.0256. The maximum absolute atomic E-state index is 13.1. The molecule has 2 aromatic rings. The first-order valence-electron chi connectivity index (χ1n) is 20.8. The number of carboxylic acid groups (broad SMARTS) is 1. The second-order valence-corrected chi connectivity index (χ2v) is 15.9. The van der Waals surface area contributed by atoms with Crippen molar-refractivity contribution in [2.24, 2.45) is 0 Å². The molecule has 69 heavy (non-hydrogen) atoms. The van der Waals surface area contributed by atoms with Gasteiger partial charge in [0.2, 0.25) is 12.6 Å². The highest BCUT2D eigenvalue weighted by Crippen LogP contribution is 2.43. The number of esters is 2. The predicted octanol–water partition coefficient (Wildman–Crippen LogP) is -2.36. The van der Waals surface area contributed by atoms with Crippen molar-refractivity contribution in [2.75, 3.05) is 19.8 Å². The molecule has 2 aromatic carbocycles. The first kappa shape index (κ1) is 50.4. The number of benzene rings is 3. The largest absolute Gasteiger partial charge is 0.508 e. The molecule has 0 spiro atoms. The first-order chi connectivity index (χ1) is 32.8. The van der Waals surface area contributed by atoms with E-state index in [0.717, 1.165) is 24.3 Å². The lowest BCUT2D eigenvalue weighted by molar-refractivity contribution is -0.345. The minimum absolute atomic E-state index is 0.135. The summed E-state index contributed by atoms with van der Waals surface area (Å²) in [5.41, 5.74) is -0.424. The fourth-order valence-corrected chi connectivity index (χ4v) is 7.27. The number of aliphatic hydroxyl groups excluding tert-OH is 8. The normalized spacial score (nSPS) is 30.4. The van der Waals surface area contributed by atoms with Gasteiger partial charge in [-0.25, -0.2) is 4.79 Å². The highest BCUT2D eigenvalue weighted by molar-refractivity contribution is 5.90. The van der Waals surface area contributed by atoms with Gasteiger partial charge in [-0.2, -0.15) is 0 Å². The Morgan fingerprint density at radius 1 is 0.667 bits per heavy atom. The number of carboxylic acids is 1. The third-order valence-electron chi connectivity index (χ3n) is 11.0. The number of phenols is 3. The van der Waals surface area contributed by atoms with Crippen molar-refractivity contribution in [2.45, 2.75) is 92.4 Å². The number of carbonyl (C=O) groups excluding carboxylic acids is 2. The molecule has 0 unspecified atom stereocenters. The number of fused-ring (bicyclic) bond motifs is 1. The molecule has 3 fully saturated rings. The van der Waals surface area contributed by atoms with E-state index in [4.69, 9.17) is 47.4 Å². The summed E-state index contributed by atoms with van der Waals surface area (Å²) in [6.45, 7) is -2.12. The van der Waals surface area contributed by atoms with Crippen LogP contribution < -0.4 is 14.9 Å². The number of hydrogen-bond donors (Lipinski definition) is 12. The van der Waals surface area contributed by atoms with Crippen LogP contribution in [0.3, 0.4) is 0 Å². The van der Waals surface area contributed by atoms with Crippen LogP contribution in [0.25, 0.3) is 28.7 Å². The van der Waals surface area contributed by atoms with Crippen LogP contribution >= 0.6 is 0 Å². The van der Waals surface area contributed by atoms with E-state index in [1.807, 2.05) is 0 Å². The second-order valence-electron chi connectivity index (χ2n) is 15.9. The molecular weight excluding hydrogens is 928 g/mol. The Bertz CT molecular complexity index is 2510. The van der Waals surface area contributed by atoms with Gasteiger partial charge in [-0.3, -0.25) is 14.4 Å². The van der Waals surface area contributed by atoms with Crippen molar-refractivity contribution in [3.05, 3.63) is 82.5 Å². The maximum atomic E-state index is 13.1. The van der Waals surface area contributed by atoms with Crippen molar-refractivity contribution in [1.29, 1.82) is 0 Å². The zero-order valence-corrected chi connectivity index (χ0v) is 35.5. The average Bonchev–Trinajstić information content (AvgIpc) is 3.30. The summed E-state index contributed by atoms with van der Waals surface area (Å²) in [6.07, 6.45) is -24.8. The predicted molar refractivity (Wildman–Crippen MR) is 223 cm³/mol. The van der Waals surface area contributed by atoms with Gasteiger partial charge in [0.15, 0.2) is 40.8 Å². The maximum Gasteiger partial charge on any atom is 0.330 e. The monoisotopic (exact) mass is 974 g/mol. The molecule has 4 heterocycles. The van der Waals surface area contributed by atoms with Crippen LogP contribution in [0.4, 0.5) is 0 Å². The molecule has 4 aliphatic heterocycles. The van der Waals surface area contributed by atoms with Gasteiger partial charge in [-0.05, 0) is 54.1 Å². The SMILES string of the molecule is O=C(O)CC(=O)OC[C@H]1O[C@@H](Oc2cc(=O)cc3oc(-c4ccc(O)cc4)c(O[C@@H]4O[C@H](COC(=O)C=Cc5ccc(O)c(O)c5)[C@@H](O)[C@H](O)[C@H]4O[C@@H]4OC[C@@H](O)[C@H](O)[C@H]4O)cc2-3)[C@H](O)[C@@H](O)[C@@H]1O. The van der Waals surface area contributed by atoms with Gasteiger partial charge in [0.25, 0.3) is 0 Å². The molecule has 5 aliphatic rings. The molecule has 7 rings (SSSR count). The number of rotatable bonds is 15. The van der Waals surface area contributed by atoms with Crippen molar-refractivity contribution >= 4 is 24.0 Å². The van der Waals surface area contributed by atoms with E-state index in [0.29, 0.717) is 0 Å². The summed E-state index contributed by atoms with van der Waals surface area (Å²) >= 11 is 0. The Morgan fingerprint density at radius 2 is 1.32 bits per heavy atom. The van der Waals surface area contributed by atoms with Crippen LogP contribution in [0.1, 0.15) is 12.0 Å². The van der Waals surface area contributed by atoms with E-state index in [-0.39, 0.29) is 39.7 Å². The Morgan fingerprint density at radius 3 is 2.01 bits per heavy atom. The summed E-state index contributed by atoms with van der Waals surface area (Å²) in [5.74, 6) is -5.98. The lowest BCUT2D eigenvalue weighted by Gasteiger charge is -2.44. The fourth-order valence-electron chi connectivity index (χ4n) is 7.27. The highest BCUT2D eigenvalue weighted by atomic mass is 16.8. The number of aliphatic hydroxyl groups is 8. The third kappa shape index (κ3) is 11.7. The lowest BCUT2D eigenvalue weighted by Crippen LogP contribution is -2.64. The van der Waals surface area contributed by atoms with Crippen LogP contribution in [0.2, 0.25) is 0 Å². The Hall–Kier alpha value is -6.46. The lowest BCUT2D eigenvalue weighted by atomic mass is 9.98. The highest BCUT2D eigenvalue weighted by Gasteiger charge is 2.51. The standard InChI is InChI=1S/C44H46O25/c45-19-5-3-18(4-6-19)40-27(12-21-25(64-40)10-20(46)11-26(21)65-43-39(60)36(57)34(55)28(67-43)16-62-32(53)13-30(50)51)66-44-41(69-42-38(59)33(54)24(49)14-63-42)37(58)35(56)29(68-44)15-61-31(52)8-2-17-1-7-22(47)23(48)9-17/h1-12,24,28-29,33-39,41-45,47-49,54-60H,13-16H2,(H,50,51)/t24-,28-,29-,33+,34-,35-,36+,37+,38-,39-,41-,42+,43-,44-/m1/s1. The smallest absolute Gasteiger partial charge is 0.330 e. The van der Waals surface area contributed by atoms with Crippen molar-refractivity contribution in [3.63, 3.8) is 0 Å². The molecule has 0 bridgehead atoms. The van der Waals surface area contributed by atoms with Gasteiger partial charge < -0.3 is 104 Å². The van der Waals surface area contributed by atoms with Gasteiger partial charge >= 0.3 is 17.9 Å². The molecule has 0 radical (unpaired) electrons. The third-order valence-corrected chi connectivity index (χ3v) is 11.0. The number of carbonyl (C=O) groups is 3. The zero-order chi connectivity index (χ0) is 49.8. The second kappa shape index (κ2) is 21.5. The summed E-state index contributed by atoms with van der Waals surface area (Å²) in [6, 6.07) is 12.1.